The number of nitrogens with one attached hydrogen (secondary N) is 1. The van der Waals surface area contributed by atoms with E-state index in [0.29, 0.717) is 30.1 Å². The molecule has 0 unspecified atom stereocenters. The van der Waals surface area contributed by atoms with Crippen molar-refractivity contribution < 1.29 is 19.1 Å². The minimum atomic E-state index is -0.338. The van der Waals surface area contributed by atoms with Crippen LogP contribution in [0.4, 0.5) is 0 Å². The van der Waals surface area contributed by atoms with Gasteiger partial charge in [0.15, 0.2) is 0 Å². The van der Waals surface area contributed by atoms with Crippen LogP contribution in [0, 0.1) is 0 Å². The molecule has 0 aliphatic rings. The number of hydrogen-bond acceptors (Lipinski definition) is 6. The monoisotopic (exact) mass is 298 g/mol. The summed E-state index contributed by atoms with van der Waals surface area (Å²) in [6.07, 6.45) is 0.407. The zero-order valence-corrected chi connectivity index (χ0v) is 12.1. The molecule has 20 heavy (non-hydrogen) atoms. The van der Waals surface area contributed by atoms with Crippen LogP contribution in [0.15, 0.2) is 24.3 Å². The van der Waals surface area contributed by atoms with Crippen LogP contribution in [0.1, 0.15) is 16.8 Å². The number of nitrogens with two attached hydrogens (primary N) is 1. The van der Waals surface area contributed by atoms with E-state index in [4.69, 9.17) is 10.6 Å². The molecule has 0 aliphatic heterocycles. The largest absolute Gasteiger partial charge is 0.493 e. The first kappa shape index (κ1) is 16.3. The molecule has 0 bridgehead atoms. The second-order valence-corrected chi connectivity index (χ2v) is 5.01. The smallest absolute Gasteiger partial charge is 0.306 e. The van der Waals surface area contributed by atoms with Crippen molar-refractivity contribution in [3.05, 3.63) is 29.8 Å². The van der Waals surface area contributed by atoms with Gasteiger partial charge in [0.2, 0.25) is 0 Å². The van der Waals surface area contributed by atoms with Gasteiger partial charge in [-0.3, -0.25) is 15.0 Å². The van der Waals surface area contributed by atoms with Crippen LogP contribution in [0.2, 0.25) is 0 Å². The first-order valence-corrected chi connectivity index (χ1v) is 7.21. The lowest BCUT2D eigenvalue weighted by molar-refractivity contribution is -0.140. The molecule has 0 saturated carbocycles. The highest BCUT2D eigenvalue weighted by molar-refractivity contribution is 7.99. The standard InChI is InChI=1S/C13H18N2O4S/c1-18-12(16)6-8-20-9-7-19-11-4-2-10(3-5-11)13(17)15-14/h2-5H,6-9,14H2,1H3,(H,15,17). The molecule has 1 amide bonds. The Morgan fingerprint density at radius 3 is 2.55 bits per heavy atom. The minimum Gasteiger partial charge on any atom is -0.493 e. The summed E-state index contributed by atoms with van der Waals surface area (Å²) in [6, 6.07) is 6.71. The van der Waals surface area contributed by atoms with E-state index in [0.717, 1.165) is 5.75 Å². The number of amides is 1. The summed E-state index contributed by atoms with van der Waals surface area (Å²) in [5.74, 6) is 6.67. The Balaban J connectivity index is 2.19. The molecule has 0 fully saturated rings. The molecule has 3 N–H and O–H groups in total. The molecule has 110 valence electrons. The number of benzene rings is 1. The predicted octanol–water partition coefficient (Wildman–Crippen LogP) is 0.965. The fourth-order valence-corrected chi connectivity index (χ4v) is 2.08. The van der Waals surface area contributed by atoms with E-state index < -0.39 is 0 Å². The molecular formula is C13H18N2O4S. The van der Waals surface area contributed by atoms with Crippen LogP contribution < -0.4 is 16.0 Å². The van der Waals surface area contributed by atoms with Gasteiger partial charge in [0.25, 0.3) is 5.91 Å². The van der Waals surface area contributed by atoms with Gasteiger partial charge in [-0.15, -0.1) is 0 Å². The fraction of sp³-hybridized carbons (Fsp3) is 0.385. The van der Waals surface area contributed by atoms with Gasteiger partial charge in [-0.1, -0.05) is 0 Å². The van der Waals surface area contributed by atoms with Gasteiger partial charge in [0.05, 0.1) is 20.1 Å². The summed E-state index contributed by atoms with van der Waals surface area (Å²) in [5, 5.41) is 0. The number of thioether (sulfide) groups is 1. The minimum absolute atomic E-state index is 0.202. The maximum atomic E-state index is 11.2. The van der Waals surface area contributed by atoms with Gasteiger partial charge in [-0.2, -0.15) is 11.8 Å². The molecule has 6 nitrogen and oxygen atoms in total. The molecule has 0 atom stereocenters. The van der Waals surface area contributed by atoms with E-state index in [2.05, 4.69) is 10.2 Å². The average molecular weight is 298 g/mol. The topological polar surface area (TPSA) is 90.6 Å². The highest BCUT2D eigenvalue weighted by Gasteiger charge is 2.03. The van der Waals surface area contributed by atoms with E-state index in [9.17, 15) is 9.59 Å². The summed E-state index contributed by atoms with van der Waals surface area (Å²) in [6.45, 7) is 0.536. The zero-order valence-electron chi connectivity index (χ0n) is 11.3. The Labute approximate surface area is 122 Å². The Morgan fingerprint density at radius 1 is 1.25 bits per heavy atom. The molecule has 0 spiro atoms. The van der Waals surface area contributed by atoms with E-state index in [1.165, 1.54) is 7.11 Å². The molecule has 0 aromatic heterocycles. The Kier molecular flexibility index (Phi) is 7.52. The van der Waals surface area contributed by atoms with Crippen molar-refractivity contribution in [1.82, 2.24) is 5.43 Å². The van der Waals surface area contributed by atoms with Crippen molar-refractivity contribution in [1.29, 1.82) is 0 Å². The normalized spacial score (nSPS) is 9.90. The maximum Gasteiger partial charge on any atom is 0.306 e. The summed E-state index contributed by atoms with van der Waals surface area (Å²) >= 11 is 1.62. The molecule has 1 aromatic rings. The van der Waals surface area contributed by atoms with Crippen molar-refractivity contribution in [2.75, 3.05) is 25.2 Å². The number of nitrogen functional groups attached to an aromatic ring is 1. The first-order valence-electron chi connectivity index (χ1n) is 6.05. The molecule has 0 heterocycles. The molecule has 0 aliphatic carbocycles. The number of hydrazine groups is 1. The van der Waals surface area contributed by atoms with Gasteiger partial charge in [0, 0.05) is 17.1 Å². The Bertz CT molecular complexity index is 437. The molecule has 0 saturated heterocycles. The molecule has 0 radical (unpaired) electrons. The van der Waals surface area contributed by atoms with Crippen LogP contribution in [0.5, 0.6) is 5.75 Å². The quantitative estimate of drug-likeness (QED) is 0.244. The third-order valence-corrected chi connectivity index (χ3v) is 3.37. The molecule has 7 heteroatoms. The van der Waals surface area contributed by atoms with Crippen molar-refractivity contribution in [2.24, 2.45) is 5.84 Å². The number of hydrogen-bond donors (Lipinski definition) is 2. The van der Waals surface area contributed by atoms with Crippen LogP contribution in [0.25, 0.3) is 0 Å². The summed E-state index contributed by atoms with van der Waals surface area (Å²) in [7, 11) is 1.38. The van der Waals surface area contributed by atoms with Gasteiger partial charge in [0.1, 0.15) is 5.75 Å². The lowest BCUT2D eigenvalue weighted by Gasteiger charge is -2.06. The second-order valence-electron chi connectivity index (χ2n) is 3.78. The highest BCUT2D eigenvalue weighted by Crippen LogP contribution is 2.13. The van der Waals surface area contributed by atoms with Gasteiger partial charge < -0.3 is 9.47 Å². The summed E-state index contributed by atoms with van der Waals surface area (Å²) < 4.78 is 10.0. The number of ether oxygens (including phenoxy) is 2. The molecule has 1 rings (SSSR count). The maximum absolute atomic E-state index is 11.2. The van der Waals surface area contributed by atoms with Crippen LogP contribution in [-0.2, 0) is 9.53 Å². The van der Waals surface area contributed by atoms with E-state index in [1.54, 1.807) is 36.0 Å². The van der Waals surface area contributed by atoms with Gasteiger partial charge in [-0.05, 0) is 24.3 Å². The van der Waals surface area contributed by atoms with Crippen molar-refractivity contribution in [3.63, 3.8) is 0 Å². The first-order chi connectivity index (χ1) is 9.67. The fourth-order valence-electron chi connectivity index (χ4n) is 1.36. The third-order valence-electron chi connectivity index (χ3n) is 2.42. The van der Waals surface area contributed by atoms with Gasteiger partial charge >= 0.3 is 5.97 Å². The van der Waals surface area contributed by atoms with Crippen molar-refractivity contribution >= 4 is 23.6 Å². The van der Waals surface area contributed by atoms with Crippen molar-refractivity contribution in [2.45, 2.75) is 6.42 Å². The summed E-state index contributed by atoms with van der Waals surface area (Å²) in [4.78, 5) is 22.1. The number of carbonyl (C=O) groups excluding carboxylic acids is 2. The lowest BCUT2D eigenvalue weighted by atomic mass is 10.2. The highest BCUT2D eigenvalue weighted by atomic mass is 32.2. The SMILES string of the molecule is COC(=O)CCSCCOc1ccc(C(=O)NN)cc1. The number of carbonyl (C=O) groups is 2. The second kappa shape index (κ2) is 9.22. The number of rotatable bonds is 8. The van der Waals surface area contributed by atoms with Crippen LogP contribution >= 0.6 is 11.8 Å². The van der Waals surface area contributed by atoms with Crippen LogP contribution in [0.3, 0.4) is 0 Å². The van der Waals surface area contributed by atoms with Crippen molar-refractivity contribution in [3.8, 4) is 5.75 Å². The van der Waals surface area contributed by atoms with Crippen LogP contribution in [-0.4, -0.2) is 37.1 Å². The third kappa shape index (κ3) is 5.94. The summed E-state index contributed by atoms with van der Waals surface area (Å²) in [5.41, 5.74) is 2.54. The zero-order chi connectivity index (χ0) is 14.8. The Hall–Kier alpha value is -1.73. The van der Waals surface area contributed by atoms with E-state index >= 15 is 0 Å². The van der Waals surface area contributed by atoms with E-state index in [-0.39, 0.29) is 11.9 Å². The number of esters is 1. The number of methoxy groups -OCH3 is 1. The molecule has 1 aromatic carbocycles. The molecular weight excluding hydrogens is 280 g/mol. The van der Waals surface area contributed by atoms with E-state index in [1.807, 2.05) is 0 Å². The Morgan fingerprint density at radius 2 is 1.95 bits per heavy atom. The average Bonchev–Trinajstić information content (AvgIpc) is 2.50. The predicted molar refractivity (Wildman–Crippen MR) is 77.5 cm³/mol. The lowest BCUT2D eigenvalue weighted by Crippen LogP contribution is -2.29. The van der Waals surface area contributed by atoms with Gasteiger partial charge in [-0.25, -0.2) is 5.84 Å².